The van der Waals surface area contributed by atoms with Crippen LogP contribution in [-0.2, 0) is 10.8 Å². The average Bonchev–Trinajstić information content (AvgIpc) is 2.89. The van der Waals surface area contributed by atoms with E-state index in [2.05, 4.69) is 44.8 Å². The van der Waals surface area contributed by atoms with Crippen LogP contribution in [0.3, 0.4) is 0 Å². The average molecular weight is 359 g/mol. The standard InChI is InChI=1S/C22H34O2Si/c1-22-13-12-18-17-9-7-16(23-2)14-15(17)6-8-19(18)20(22)10-11-21(22)24-25(3,4)5/h7,9,14,18-21H,6,8,10-13H2,1-5H3/t18-,19-,20+,21?,22+/m1/s1. The summed E-state index contributed by atoms with van der Waals surface area (Å²) in [5.74, 6) is 3.48. The number of methoxy groups -OCH3 is 1. The molecule has 0 spiro atoms. The number of ether oxygens (including phenoxy) is 1. The van der Waals surface area contributed by atoms with Gasteiger partial charge in [0.1, 0.15) is 5.75 Å². The maximum Gasteiger partial charge on any atom is 0.184 e. The second-order valence-electron chi connectivity index (χ2n) is 9.82. The third-order valence-corrected chi connectivity index (χ3v) is 8.33. The van der Waals surface area contributed by atoms with Crippen LogP contribution in [0.1, 0.15) is 56.1 Å². The van der Waals surface area contributed by atoms with Crippen molar-refractivity contribution in [3.63, 3.8) is 0 Å². The third-order valence-electron chi connectivity index (χ3n) is 7.34. The summed E-state index contributed by atoms with van der Waals surface area (Å²) in [4.78, 5) is 0. The van der Waals surface area contributed by atoms with Crippen molar-refractivity contribution in [1.29, 1.82) is 0 Å². The van der Waals surface area contributed by atoms with Crippen molar-refractivity contribution < 1.29 is 9.16 Å². The monoisotopic (exact) mass is 358 g/mol. The summed E-state index contributed by atoms with van der Waals surface area (Å²) < 4.78 is 12.1. The predicted molar refractivity (Wildman–Crippen MR) is 106 cm³/mol. The first kappa shape index (κ1) is 17.6. The first-order valence-electron chi connectivity index (χ1n) is 10.2. The number of rotatable bonds is 3. The molecule has 0 saturated heterocycles. The molecular formula is C22H34O2Si. The van der Waals surface area contributed by atoms with Crippen LogP contribution in [0.2, 0.25) is 19.6 Å². The lowest BCUT2D eigenvalue weighted by Gasteiger charge is -2.51. The normalized spacial score (nSPS) is 37.2. The van der Waals surface area contributed by atoms with Gasteiger partial charge in [0.25, 0.3) is 0 Å². The van der Waals surface area contributed by atoms with E-state index < -0.39 is 8.32 Å². The molecular weight excluding hydrogens is 324 g/mol. The molecule has 2 saturated carbocycles. The minimum Gasteiger partial charge on any atom is -0.497 e. The highest BCUT2D eigenvalue weighted by Crippen LogP contribution is 2.61. The van der Waals surface area contributed by atoms with Crippen LogP contribution in [0.15, 0.2) is 18.2 Å². The fourth-order valence-corrected chi connectivity index (χ4v) is 7.50. The molecule has 0 radical (unpaired) electrons. The molecule has 0 amide bonds. The number of hydrogen-bond donors (Lipinski definition) is 0. The highest BCUT2D eigenvalue weighted by atomic mass is 28.4. The molecule has 1 unspecified atom stereocenters. The minimum absolute atomic E-state index is 0.408. The summed E-state index contributed by atoms with van der Waals surface area (Å²) in [6, 6.07) is 6.81. The summed E-state index contributed by atoms with van der Waals surface area (Å²) in [6.45, 7) is 9.59. The Labute approximate surface area is 154 Å². The van der Waals surface area contributed by atoms with Crippen LogP contribution in [0.4, 0.5) is 0 Å². The zero-order valence-corrected chi connectivity index (χ0v) is 17.6. The van der Waals surface area contributed by atoms with E-state index in [-0.39, 0.29) is 0 Å². The zero-order chi connectivity index (χ0) is 17.8. The number of hydrogen-bond acceptors (Lipinski definition) is 2. The Morgan fingerprint density at radius 2 is 1.88 bits per heavy atom. The first-order valence-corrected chi connectivity index (χ1v) is 13.6. The molecule has 2 nitrogen and oxygen atoms in total. The molecule has 0 N–H and O–H groups in total. The summed E-state index contributed by atoms with van der Waals surface area (Å²) in [6.07, 6.45) is 8.40. The third kappa shape index (κ3) is 2.97. The van der Waals surface area contributed by atoms with Crippen LogP contribution in [0.5, 0.6) is 5.75 Å². The van der Waals surface area contributed by atoms with Crippen molar-refractivity contribution >= 4 is 8.32 Å². The van der Waals surface area contributed by atoms with Crippen LogP contribution >= 0.6 is 0 Å². The van der Waals surface area contributed by atoms with Crippen molar-refractivity contribution in [2.45, 2.75) is 77.1 Å². The van der Waals surface area contributed by atoms with Crippen molar-refractivity contribution in [2.75, 3.05) is 7.11 Å². The molecule has 0 bridgehead atoms. The number of aryl methyl sites for hydroxylation is 1. The number of benzene rings is 1. The van der Waals surface area contributed by atoms with Gasteiger partial charge < -0.3 is 9.16 Å². The van der Waals surface area contributed by atoms with Gasteiger partial charge in [0.05, 0.1) is 13.2 Å². The van der Waals surface area contributed by atoms with E-state index in [9.17, 15) is 0 Å². The van der Waals surface area contributed by atoms with Gasteiger partial charge in [0, 0.05) is 0 Å². The Kier molecular flexibility index (Phi) is 4.31. The van der Waals surface area contributed by atoms with Gasteiger partial charge in [-0.25, -0.2) is 0 Å². The van der Waals surface area contributed by atoms with E-state index in [0.717, 1.165) is 23.5 Å². The van der Waals surface area contributed by atoms with Crippen LogP contribution in [0, 0.1) is 17.3 Å². The summed E-state index contributed by atoms with van der Waals surface area (Å²) >= 11 is 0. The molecule has 3 heteroatoms. The van der Waals surface area contributed by atoms with E-state index in [4.69, 9.17) is 9.16 Å². The van der Waals surface area contributed by atoms with Crippen LogP contribution in [0.25, 0.3) is 0 Å². The van der Waals surface area contributed by atoms with Gasteiger partial charge in [-0.05, 0) is 105 Å². The molecule has 138 valence electrons. The molecule has 3 aliphatic carbocycles. The molecule has 1 aromatic carbocycles. The Morgan fingerprint density at radius 1 is 1.08 bits per heavy atom. The largest absolute Gasteiger partial charge is 0.497 e. The highest BCUT2D eigenvalue weighted by molar-refractivity contribution is 6.69. The quantitative estimate of drug-likeness (QED) is 0.638. The zero-order valence-electron chi connectivity index (χ0n) is 16.6. The van der Waals surface area contributed by atoms with E-state index in [1.807, 2.05) is 0 Å². The maximum absolute atomic E-state index is 6.67. The second kappa shape index (κ2) is 6.13. The SMILES string of the molecule is COc1ccc2c(c1)CC[C@@H]1[C@@H]2CC[C@]2(C)C(O[Si](C)(C)C)CC[C@@H]12. The van der Waals surface area contributed by atoms with E-state index >= 15 is 0 Å². The molecule has 0 aliphatic heterocycles. The van der Waals surface area contributed by atoms with Crippen molar-refractivity contribution in [3.8, 4) is 5.75 Å². The maximum atomic E-state index is 6.67. The van der Waals surface area contributed by atoms with Gasteiger partial charge in [-0.15, -0.1) is 0 Å². The minimum atomic E-state index is -1.47. The Bertz CT molecular complexity index is 650. The predicted octanol–water partition coefficient (Wildman–Crippen LogP) is 5.77. The Morgan fingerprint density at radius 3 is 2.60 bits per heavy atom. The Balaban J connectivity index is 1.60. The second-order valence-corrected chi connectivity index (χ2v) is 14.3. The molecule has 2 fully saturated rings. The van der Waals surface area contributed by atoms with E-state index in [0.29, 0.717) is 11.5 Å². The van der Waals surface area contributed by atoms with Gasteiger partial charge in [0.2, 0.25) is 0 Å². The lowest BCUT2D eigenvalue weighted by atomic mass is 9.55. The Hall–Kier alpha value is -0.803. The van der Waals surface area contributed by atoms with Gasteiger partial charge in [-0.1, -0.05) is 13.0 Å². The molecule has 5 atom stereocenters. The van der Waals surface area contributed by atoms with Gasteiger partial charge in [-0.2, -0.15) is 0 Å². The molecule has 1 aromatic rings. The first-order chi connectivity index (χ1) is 11.8. The summed E-state index contributed by atoms with van der Waals surface area (Å²) in [5.41, 5.74) is 3.57. The molecule has 0 aromatic heterocycles. The van der Waals surface area contributed by atoms with Gasteiger partial charge >= 0.3 is 0 Å². The molecule has 3 aliphatic rings. The summed E-state index contributed by atoms with van der Waals surface area (Å²) in [7, 11) is 0.303. The molecule has 0 heterocycles. The lowest BCUT2D eigenvalue weighted by Crippen LogP contribution is -2.47. The van der Waals surface area contributed by atoms with Crippen molar-refractivity contribution in [2.24, 2.45) is 17.3 Å². The fraction of sp³-hybridized carbons (Fsp3) is 0.727. The smallest absolute Gasteiger partial charge is 0.184 e. The van der Waals surface area contributed by atoms with E-state index in [1.165, 1.54) is 44.1 Å². The topological polar surface area (TPSA) is 18.5 Å². The van der Waals surface area contributed by atoms with Gasteiger partial charge in [0.15, 0.2) is 8.32 Å². The highest BCUT2D eigenvalue weighted by Gasteiger charge is 2.55. The molecule has 25 heavy (non-hydrogen) atoms. The number of fused-ring (bicyclic) bond motifs is 5. The van der Waals surface area contributed by atoms with Gasteiger partial charge in [-0.3, -0.25) is 0 Å². The van der Waals surface area contributed by atoms with Crippen molar-refractivity contribution in [3.05, 3.63) is 29.3 Å². The van der Waals surface area contributed by atoms with Crippen LogP contribution < -0.4 is 4.74 Å². The van der Waals surface area contributed by atoms with Crippen LogP contribution in [-0.4, -0.2) is 21.5 Å². The lowest BCUT2D eigenvalue weighted by molar-refractivity contribution is -0.0140. The molecule has 4 rings (SSSR count). The van der Waals surface area contributed by atoms with E-state index in [1.54, 1.807) is 12.7 Å². The van der Waals surface area contributed by atoms with Crippen molar-refractivity contribution in [1.82, 2.24) is 0 Å². The fourth-order valence-electron chi connectivity index (χ4n) is 6.26. The summed E-state index contributed by atoms with van der Waals surface area (Å²) in [5, 5.41) is 0.